The number of carbonyl (C=O) groups excluding carboxylic acids is 2. The summed E-state index contributed by atoms with van der Waals surface area (Å²) in [5, 5.41) is 17.4. The van der Waals surface area contributed by atoms with Gasteiger partial charge in [0.25, 0.3) is 0 Å². The average Bonchev–Trinajstić information content (AvgIpc) is 2.86. The van der Waals surface area contributed by atoms with E-state index in [-0.39, 0.29) is 24.2 Å². The molecule has 1 aliphatic heterocycles. The second kappa shape index (κ2) is 13.4. The number of pyridine rings is 1. The Morgan fingerprint density at radius 3 is 2.51 bits per heavy atom. The monoisotopic (exact) mass is 538 g/mol. The minimum atomic E-state index is -1.12. The van der Waals surface area contributed by atoms with E-state index >= 15 is 0 Å². The number of rotatable bonds is 13. The molecule has 0 saturated heterocycles. The number of amides is 2. The molecule has 2 aromatic rings. The molecule has 3 atom stereocenters. The summed E-state index contributed by atoms with van der Waals surface area (Å²) in [4.78, 5) is 35.2. The zero-order valence-electron chi connectivity index (χ0n) is 24.3. The van der Waals surface area contributed by atoms with Gasteiger partial charge in [0.1, 0.15) is 6.23 Å². The van der Waals surface area contributed by atoms with Gasteiger partial charge >= 0.3 is 0 Å². The molecule has 2 unspecified atom stereocenters. The lowest BCUT2D eigenvalue weighted by Gasteiger charge is -2.39. The van der Waals surface area contributed by atoms with Crippen molar-refractivity contribution in [3.8, 4) is 0 Å². The van der Waals surface area contributed by atoms with Crippen LogP contribution in [0.15, 0.2) is 42.6 Å². The Morgan fingerprint density at radius 2 is 1.92 bits per heavy atom. The summed E-state index contributed by atoms with van der Waals surface area (Å²) in [6.07, 6.45) is 1.72. The summed E-state index contributed by atoms with van der Waals surface area (Å²) < 4.78 is 0. The quantitative estimate of drug-likeness (QED) is 0.289. The second-order valence-corrected chi connectivity index (χ2v) is 11.5. The van der Waals surface area contributed by atoms with Gasteiger partial charge < -0.3 is 26.0 Å². The van der Waals surface area contributed by atoms with Gasteiger partial charge in [0.2, 0.25) is 11.8 Å². The second-order valence-electron chi connectivity index (χ2n) is 11.5. The number of aliphatic hydroxyl groups excluding tert-OH is 1. The molecule has 1 aliphatic rings. The van der Waals surface area contributed by atoms with Crippen molar-refractivity contribution in [2.75, 3.05) is 22.9 Å². The van der Waals surface area contributed by atoms with Crippen molar-refractivity contribution in [3.63, 3.8) is 0 Å². The summed E-state index contributed by atoms with van der Waals surface area (Å²) in [6, 6.07) is 10.6. The molecule has 0 radical (unpaired) electrons. The van der Waals surface area contributed by atoms with Crippen LogP contribution in [0.2, 0.25) is 0 Å². The molecule has 0 saturated carbocycles. The number of para-hydroxylation sites is 1. The van der Waals surface area contributed by atoms with Crippen LogP contribution in [0.3, 0.4) is 0 Å². The third kappa shape index (κ3) is 8.24. The van der Waals surface area contributed by atoms with Crippen LogP contribution in [0.1, 0.15) is 65.6 Å². The topological polar surface area (TPSA) is 124 Å². The van der Waals surface area contributed by atoms with Gasteiger partial charge in [0, 0.05) is 31.2 Å². The molecule has 9 nitrogen and oxygen atoms in total. The van der Waals surface area contributed by atoms with Gasteiger partial charge in [0.15, 0.2) is 0 Å². The van der Waals surface area contributed by atoms with E-state index in [0.29, 0.717) is 19.4 Å². The predicted octanol–water partition coefficient (Wildman–Crippen LogP) is 2.95. The first-order valence-electron chi connectivity index (χ1n) is 14.0. The minimum absolute atomic E-state index is 0.135. The highest BCUT2D eigenvalue weighted by Crippen LogP contribution is 2.38. The van der Waals surface area contributed by atoms with Gasteiger partial charge in [0.05, 0.1) is 35.7 Å². The summed E-state index contributed by atoms with van der Waals surface area (Å²) >= 11 is 0. The van der Waals surface area contributed by atoms with Gasteiger partial charge in [-0.05, 0) is 70.2 Å². The van der Waals surface area contributed by atoms with Crippen molar-refractivity contribution >= 4 is 23.2 Å². The summed E-state index contributed by atoms with van der Waals surface area (Å²) in [7, 11) is 0. The molecule has 0 aliphatic carbocycles. The van der Waals surface area contributed by atoms with Crippen molar-refractivity contribution in [1.29, 1.82) is 0 Å². The minimum Gasteiger partial charge on any atom is -0.376 e. The van der Waals surface area contributed by atoms with E-state index in [0.717, 1.165) is 35.7 Å². The number of nitrogens with zero attached hydrogens (tertiary/aromatic N) is 3. The molecule has 0 spiro atoms. The van der Waals surface area contributed by atoms with Crippen LogP contribution in [0.4, 0.5) is 11.4 Å². The standard InChI is InChI=1S/C30H46N6O3/c1-7-35(8-2)25-14-11-12-21-17-24(29(39)36(27(21)25)19-22-13-9-10-15-32-22)34-28(38)23(16-20(3)4)33-26(37)18-30(5,6)31/h9-15,20,23-24,28,34,38H,7-8,16-19,31H2,1-6H3,(H,33,37)/t23-,24?,28?/m1/s1. The number of fused-ring (bicyclic) bond motifs is 1. The number of hydrogen-bond donors (Lipinski definition) is 4. The number of hydrogen-bond acceptors (Lipinski definition) is 7. The first-order valence-corrected chi connectivity index (χ1v) is 14.0. The number of nitrogens with two attached hydrogens (primary N) is 1. The van der Waals surface area contributed by atoms with E-state index in [2.05, 4.69) is 40.4 Å². The van der Waals surface area contributed by atoms with Crippen molar-refractivity contribution in [2.24, 2.45) is 11.7 Å². The number of aliphatic hydroxyl groups is 1. The summed E-state index contributed by atoms with van der Waals surface area (Å²) in [6.45, 7) is 13.8. The maximum atomic E-state index is 14.0. The highest BCUT2D eigenvalue weighted by atomic mass is 16.3. The van der Waals surface area contributed by atoms with Gasteiger partial charge in [-0.15, -0.1) is 0 Å². The number of benzene rings is 1. The lowest BCUT2D eigenvalue weighted by atomic mass is 9.94. The third-order valence-electron chi connectivity index (χ3n) is 6.95. The van der Waals surface area contributed by atoms with E-state index in [4.69, 9.17) is 5.73 Å². The van der Waals surface area contributed by atoms with Crippen LogP contribution in [-0.2, 0) is 22.6 Å². The number of nitrogens with one attached hydrogen (secondary N) is 2. The maximum Gasteiger partial charge on any atom is 0.244 e. The zero-order valence-corrected chi connectivity index (χ0v) is 24.3. The fourth-order valence-electron chi connectivity index (χ4n) is 5.19. The van der Waals surface area contributed by atoms with Crippen LogP contribution in [0.5, 0.6) is 0 Å². The average molecular weight is 539 g/mol. The lowest BCUT2D eigenvalue weighted by Crippen LogP contribution is -2.59. The first kappa shape index (κ1) is 30.5. The fraction of sp³-hybridized carbons (Fsp3) is 0.567. The Labute approximate surface area is 233 Å². The zero-order chi connectivity index (χ0) is 28.7. The largest absolute Gasteiger partial charge is 0.376 e. The van der Waals surface area contributed by atoms with Crippen LogP contribution in [0.25, 0.3) is 0 Å². The van der Waals surface area contributed by atoms with Gasteiger partial charge in [-0.2, -0.15) is 0 Å². The Balaban J connectivity index is 1.92. The molecule has 1 aromatic heterocycles. The van der Waals surface area contributed by atoms with Crippen molar-refractivity contribution in [3.05, 3.63) is 53.9 Å². The third-order valence-corrected chi connectivity index (χ3v) is 6.95. The summed E-state index contributed by atoms with van der Waals surface area (Å²) in [5.74, 6) is -0.141. The Hall–Kier alpha value is -3.01. The molecular formula is C30H46N6O3. The Bertz CT molecular complexity index is 1100. The van der Waals surface area contributed by atoms with Crippen molar-refractivity contribution in [2.45, 2.75) is 91.2 Å². The molecule has 0 fully saturated rings. The Morgan fingerprint density at radius 1 is 1.21 bits per heavy atom. The molecule has 9 heteroatoms. The lowest BCUT2D eigenvalue weighted by molar-refractivity contribution is -0.124. The van der Waals surface area contributed by atoms with Crippen LogP contribution < -0.4 is 26.2 Å². The fourth-order valence-corrected chi connectivity index (χ4v) is 5.19. The van der Waals surface area contributed by atoms with Crippen molar-refractivity contribution in [1.82, 2.24) is 15.6 Å². The van der Waals surface area contributed by atoms with Gasteiger partial charge in [-0.25, -0.2) is 0 Å². The molecule has 5 N–H and O–H groups in total. The van der Waals surface area contributed by atoms with Gasteiger partial charge in [-0.3, -0.25) is 19.9 Å². The molecule has 2 heterocycles. The highest BCUT2D eigenvalue weighted by Gasteiger charge is 2.37. The molecule has 0 bridgehead atoms. The molecule has 3 rings (SSSR count). The molecule has 1 aromatic carbocycles. The first-order chi connectivity index (χ1) is 18.4. The van der Waals surface area contributed by atoms with E-state index in [9.17, 15) is 14.7 Å². The summed E-state index contributed by atoms with van der Waals surface area (Å²) in [5.41, 5.74) is 9.07. The normalized spacial score (nSPS) is 17.1. The number of aromatic nitrogens is 1. The molecule has 39 heavy (non-hydrogen) atoms. The Kier molecular flexibility index (Phi) is 10.5. The van der Waals surface area contributed by atoms with E-state index < -0.39 is 23.9 Å². The number of anilines is 2. The molecule has 2 amide bonds. The highest BCUT2D eigenvalue weighted by molar-refractivity contribution is 6.03. The van der Waals surface area contributed by atoms with Crippen LogP contribution >= 0.6 is 0 Å². The molecule has 214 valence electrons. The van der Waals surface area contributed by atoms with Crippen LogP contribution in [-0.4, -0.2) is 58.8 Å². The van der Waals surface area contributed by atoms with Crippen LogP contribution in [0, 0.1) is 5.92 Å². The van der Waals surface area contributed by atoms with E-state index in [1.54, 1.807) is 24.9 Å². The smallest absolute Gasteiger partial charge is 0.244 e. The SMILES string of the molecule is CCN(CC)c1cccc2c1N(Cc1ccccn1)C(=O)C(NC(O)[C@@H](CC(C)C)NC(=O)CC(C)(C)N)C2. The van der Waals surface area contributed by atoms with Crippen molar-refractivity contribution < 1.29 is 14.7 Å². The molecular weight excluding hydrogens is 492 g/mol. The predicted molar refractivity (Wildman–Crippen MR) is 156 cm³/mol. The van der Waals surface area contributed by atoms with E-state index in [1.807, 2.05) is 44.2 Å². The number of carbonyl (C=O) groups is 2. The van der Waals surface area contributed by atoms with Gasteiger partial charge in [-0.1, -0.05) is 32.0 Å². The maximum absolute atomic E-state index is 14.0. The van der Waals surface area contributed by atoms with E-state index in [1.165, 1.54) is 0 Å².